The number of hydrogen-bond acceptors (Lipinski definition) is 4. The molecule has 2 aliphatic heterocycles. The quantitative estimate of drug-likeness (QED) is 0.805. The van der Waals surface area contributed by atoms with Crippen LogP contribution in [0.15, 0.2) is 24.3 Å². The van der Waals surface area contributed by atoms with Gasteiger partial charge in [0.15, 0.2) is 0 Å². The average molecular weight is 349 g/mol. The Hall–Kier alpha value is -1.50. The summed E-state index contributed by atoms with van der Waals surface area (Å²) >= 11 is 0. The van der Waals surface area contributed by atoms with E-state index >= 15 is 0 Å². The third kappa shape index (κ3) is 5.23. The van der Waals surface area contributed by atoms with Crippen LogP contribution >= 0.6 is 0 Å². The molecule has 138 valence electrons. The predicted octanol–water partition coefficient (Wildman–Crippen LogP) is 1.41. The molecular formula is C19H28FN3O2. The Kier molecular flexibility index (Phi) is 6.39. The molecule has 2 saturated heterocycles. The molecule has 1 aromatic carbocycles. The van der Waals surface area contributed by atoms with Gasteiger partial charge in [-0.2, -0.15) is 0 Å². The number of carbonyl (C=O) groups is 1. The predicted molar refractivity (Wildman–Crippen MR) is 95.1 cm³/mol. The fraction of sp³-hybridized carbons (Fsp3) is 0.632. The number of nitrogens with zero attached hydrogens (tertiary/aromatic N) is 3. The molecule has 1 atom stereocenters. The van der Waals surface area contributed by atoms with E-state index in [1.807, 2.05) is 17.0 Å². The third-order valence-corrected chi connectivity index (χ3v) is 5.16. The molecule has 3 rings (SSSR count). The Bertz CT molecular complexity index is 552. The van der Waals surface area contributed by atoms with Crippen LogP contribution in [0.5, 0.6) is 0 Å². The van der Waals surface area contributed by atoms with E-state index in [-0.39, 0.29) is 11.7 Å². The highest BCUT2D eigenvalue weighted by atomic mass is 19.1. The molecular weight excluding hydrogens is 321 g/mol. The normalized spacial score (nSPS) is 21.3. The SMILES string of the molecule is C[C@H](CN1CCN(CC(=O)N2CCOCC2)CC1)c1ccc(F)cc1. The molecule has 0 saturated carbocycles. The summed E-state index contributed by atoms with van der Waals surface area (Å²) in [5, 5.41) is 0. The van der Waals surface area contributed by atoms with Crippen LogP contribution in [0.2, 0.25) is 0 Å². The maximum Gasteiger partial charge on any atom is 0.236 e. The van der Waals surface area contributed by atoms with Gasteiger partial charge in [-0.05, 0) is 23.6 Å². The molecule has 2 fully saturated rings. The fourth-order valence-electron chi connectivity index (χ4n) is 3.52. The number of morpholine rings is 1. The zero-order valence-electron chi connectivity index (χ0n) is 15.0. The second-order valence-electron chi connectivity index (χ2n) is 7.02. The highest BCUT2D eigenvalue weighted by Gasteiger charge is 2.23. The zero-order chi connectivity index (χ0) is 17.6. The van der Waals surface area contributed by atoms with Gasteiger partial charge >= 0.3 is 0 Å². The van der Waals surface area contributed by atoms with Gasteiger partial charge in [-0.3, -0.25) is 9.69 Å². The van der Waals surface area contributed by atoms with Gasteiger partial charge in [0.25, 0.3) is 0 Å². The standard InChI is InChI=1S/C19H28FN3O2/c1-16(17-2-4-18(20)5-3-17)14-21-6-8-22(9-7-21)15-19(24)23-10-12-25-13-11-23/h2-5,16H,6-15H2,1H3/t16-/m1/s1. The fourth-order valence-corrected chi connectivity index (χ4v) is 3.52. The molecule has 2 aliphatic rings. The largest absolute Gasteiger partial charge is 0.378 e. The molecule has 0 aromatic heterocycles. The lowest BCUT2D eigenvalue weighted by atomic mass is 10.0. The van der Waals surface area contributed by atoms with Crippen molar-refractivity contribution >= 4 is 5.91 Å². The van der Waals surface area contributed by atoms with Crippen LogP contribution in [0.3, 0.4) is 0 Å². The number of carbonyl (C=O) groups excluding carboxylic acids is 1. The highest BCUT2D eigenvalue weighted by molar-refractivity contribution is 5.78. The summed E-state index contributed by atoms with van der Waals surface area (Å²) in [6, 6.07) is 6.80. The number of piperazine rings is 1. The summed E-state index contributed by atoms with van der Waals surface area (Å²) < 4.78 is 18.3. The van der Waals surface area contributed by atoms with Gasteiger partial charge < -0.3 is 14.5 Å². The number of benzene rings is 1. The molecule has 0 spiro atoms. The lowest BCUT2D eigenvalue weighted by Crippen LogP contribution is -2.51. The van der Waals surface area contributed by atoms with Crippen molar-refractivity contribution < 1.29 is 13.9 Å². The Morgan fingerprint density at radius 2 is 1.64 bits per heavy atom. The highest BCUT2D eigenvalue weighted by Crippen LogP contribution is 2.18. The Balaban J connectivity index is 1.40. The number of halogens is 1. The molecule has 5 nitrogen and oxygen atoms in total. The van der Waals surface area contributed by atoms with E-state index in [9.17, 15) is 9.18 Å². The summed E-state index contributed by atoms with van der Waals surface area (Å²) in [6.07, 6.45) is 0. The molecule has 0 N–H and O–H groups in total. The van der Waals surface area contributed by atoms with E-state index in [2.05, 4.69) is 16.7 Å². The maximum absolute atomic E-state index is 13.0. The molecule has 0 unspecified atom stereocenters. The van der Waals surface area contributed by atoms with Crippen molar-refractivity contribution in [2.75, 3.05) is 65.6 Å². The second-order valence-corrected chi connectivity index (χ2v) is 7.02. The molecule has 0 bridgehead atoms. The summed E-state index contributed by atoms with van der Waals surface area (Å²) in [7, 11) is 0. The minimum atomic E-state index is -0.186. The van der Waals surface area contributed by atoms with Gasteiger partial charge in [0, 0.05) is 45.8 Å². The van der Waals surface area contributed by atoms with E-state index in [0.717, 1.165) is 32.7 Å². The van der Waals surface area contributed by atoms with Crippen molar-refractivity contribution in [3.8, 4) is 0 Å². The van der Waals surface area contributed by atoms with E-state index in [4.69, 9.17) is 4.74 Å². The zero-order valence-corrected chi connectivity index (χ0v) is 15.0. The van der Waals surface area contributed by atoms with E-state index in [0.29, 0.717) is 38.8 Å². The molecule has 1 aromatic rings. The summed E-state index contributed by atoms with van der Waals surface area (Å²) in [4.78, 5) is 18.9. The van der Waals surface area contributed by atoms with Crippen LogP contribution in [0.4, 0.5) is 4.39 Å². The Labute approximate surface area is 149 Å². The van der Waals surface area contributed by atoms with E-state index in [1.54, 1.807) is 0 Å². The van der Waals surface area contributed by atoms with Crippen molar-refractivity contribution in [3.05, 3.63) is 35.6 Å². The lowest BCUT2D eigenvalue weighted by Gasteiger charge is -2.37. The first-order valence-electron chi connectivity index (χ1n) is 9.17. The first-order chi connectivity index (χ1) is 12.1. The summed E-state index contributed by atoms with van der Waals surface area (Å²) in [5.41, 5.74) is 1.17. The lowest BCUT2D eigenvalue weighted by molar-refractivity contribution is -0.136. The van der Waals surface area contributed by atoms with Crippen molar-refractivity contribution in [1.82, 2.24) is 14.7 Å². The monoisotopic (exact) mass is 349 g/mol. The van der Waals surface area contributed by atoms with Crippen LogP contribution in [0, 0.1) is 5.82 Å². The van der Waals surface area contributed by atoms with Gasteiger partial charge in [0.1, 0.15) is 5.82 Å². The van der Waals surface area contributed by atoms with Gasteiger partial charge in [-0.1, -0.05) is 19.1 Å². The number of hydrogen-bond donors (Lipinski definition) is 0. The molecule has 6 heteroatoms. The molecule has 25 heavy (non-hydrogen) atoms. The Morgan fingerprint density at radius 3 is 2.28 bits per heavy atom. The minimum absolute atomic E-state index is 0.186. The van der Waals surface area contributed by atoms with Crippen molar-refractivity contribution in [2.45, 2.75) is 12.8 Å². The summed E-state index contributed by atoms with van der Waals surface area (Å²) in [6.45, 7) is 10.2. The first kappa shape index (κ1) is 18.3. The van der Waals surface area contributed by atoms with Gasteiger partial charge in [-0.25, -0.2) is 4.39 Å². The average Bonchev–Trinajstić information content (AvgIpc) is 2.64. The number of ether oxygens (including phenoxy) is 1. The number of rotatable bonds is 5. The summed E-state index contributed by atoms with van der Waals surface area (Å²) in [5.74, 6) is 0.410. The van der Waals surface area contributed by atoms with Crippen LogP contribution in [0.1, 0.15) is 18.4 Å². The van der Waals surface area contributed by atoms with Gasteiger partial charge in [-0.15, -0.1) is 0 Å². The van der Waals surface area contributed by atoms with Crippen molar-refractivity contribution in [2.24, 2.45) is 0 Å². The molecule has 0 aliphatic carbocycles. The van der Waals surface area contributed by atoms with Crippen molar-refractivity contribution in [1.29, 1.82) is 0 Å². The smallest absolute Gasteiger partial charge is 0.236 e. The van der Waals surface area contributed by atoms with E-state index < -0.39 is 0 Å². The third-order valence-electron chi connectivity index (χ3n) is 5.16. The van der Waals surface area contributed by atoms with Crippen LogP contribution < -0.4 is 0 Å². The van der Waals surface area contributed by atoms with Gasteiger partial charge in [0.05, 0.1) is 19.8 Å². The topological polar surface area (TPSA) is 36.0 Å². The second kappa shape index (κ2) is 8.74. The van der Waals surface area contributed by atoms with Crippen LogP contribution in [-0.4, -0.2) is 86.2 Å². The molecule has 2 heterocycles. The first-order valence-corrected chi connectivity index (χ1v) is 9.17. The van der Waals surface area contributed by atoms with Gasteiger partial charge in [0.2, 0.25) is 5.91 Å². The Morgan fingerprint density at radius 1 is 1.04 bits per heavy atom. The maximum atomic E-state index is 13.0. The molecule has 0 radical (unpaired) electrons. The minimum Gasteiger partial charge on any atom is -0.378 e. The number of amides is 1. The van der Waals surface area contributed by atoms with E-state index in [1.165, 1.54) is 17.7 Å². The van der Waals surface area contributed by atoms with Crippen molar-refractivity contribution in [3.63, 3.8) is 0 Å². The molecule has 1 amide bonds. The van der Waals surface area contributed by atoms with Crippen LogP contribution in [-0.2, 0) is 9.53 Å². The van der Waals surface area contributed by atoms with Crippen LogP contribution in [0.25, 0.3) is 0 Å².